The molecule has 0 radical (unpaired) electrons. The molecule has 2 fully saturated rings. The highest BCUT2D eigenvalue weighted by atomic mass is 32.2. The summed E-state index contributed by atoms with van der Waals surface area (Å²) in [6, 6.07) is 11.0. The molecule has 2 unspecified atom stereocenters. The number of carbonyl (C=O) groups excluding carboxylic acids is 2. The number of benzene rings is 2. The van der Waals surface area contributed by atoms with Crippen molar-refractivity contribution >= 4 is 33.2 Å². The van der Waals surface area contributed by atoms with Crippen LogP contribution in [-0.2, 0) is 26.0 Å². The van der Waals surface area contributed by atoms with Crippen molar-refractivity contribution < 1.29 is 18.0 Å². The lowest BCUT2D eigenvalue weighted by Crippen LogP contribution is -2.43. The fraction of sp³-hybridized carbons (Fsp3) is 0.481. The fourth-order valence-corrected chi connectivity index (χ4v) is 7.02. The maximum absolute atomic E-state index is 13.5. The smallest absolute Gasteiger partial charge is 0.243 e. The number of piperidine rings is 1. The molecule has 2 aliphatic heterocycles. The van der Waals surface area contributed by atoms with Crippen LogP contribution in [0.15, 0.2) is 41.3 Å². The van der Waals surface area contributed by atoms with E-state index in [1.54, 1.807) is 18.2 Å². The van der Waals surface area contributed by atoms with Crippen molar-refractivity contribution in [1.82, 2.24) is 4.31 Å². The van der Waals surface area contributed by atoms with Crippen LogP contribution in [-0.4, -0.2) is 43.7 Å². The average Bonchev–Trinajstić information content (AvgIpc) is 3.60. The number of carbonyl (C=O) groups is 2. The lowest BCUT2D eigenvalue weighted by Gasteiger charge is -2.31. The summed E-state index contributed by atoms with van der Waals surface area (Å²) in [5.41, 5.74) is 4.60. The molecule has 2 aromatic rings. The number of nitrogens with zero attached hydrogens (tertiary/aromatic N) is 2. The van der Waals surface area contributed by atoms with Gasteiger partial charge in [-0.3, -0.25) is 9.59 Å². The van der Waals surface area contributed by atoms with Crippen LogP contribution >= 0.6 is 0 Å². The van der Waals surface area contributed by atoms with Gasteiger partial charge in [0.1, 0.15) is 0 Å². The summed E-state index contributed by atoms with van der Waals surface area (Å²) in [4.78, 5) is 27.8. The number of hydrogen-bond donors (Lipinski definition) is 1. The van der Waals surface area contributed by atoms with E-state index in [2.05, 4.69) is 5.32 Å². The van der Waals surface area contributed by atoms with E-state index in [1.807, 2.05) is 43.9 Å². The zero-order valence-corrected chi connectivity index (χ0v) is 21.4. The largest absolute Gasteiger partial charge is 0.326 e. The minimum atomic E-state index is -3.75. The van der Waals surface area contributed by atoms with Crippen molar-refractivity contribution in [2.24, 2.45) is 11.8 Å². The third kappa shape index (κ3) is 4.74. The molecule has 0 bridgehead atoms. The van der Waals surface area contributed by atoms with Crippen LogP contribution in [0.25, 0.3) is 0 Å². The van der Waals surface area contributed by atoms with Crippen LogP contribution in [0, 0.1) is 25.7 Å². The van der Waals surface area contributed by atoms with Gasteiger partial charge in [-0.2, -0.15) is 4.31 Å². The monoisotopic (exact) mass is 495 g/mol. The summed E-state index contributed by atoms with van der Waals surface area (Å²) in [7, 11) is -3.75. The fourth-order valence-electron chi connectivity index (χ4n) is 5.45. The van der Waals surface area contributed by atoms with Gasteiger partial charge in [0.2, 0.25) is 21.8 Å². The summed E-state index contributed by atoms with van der Waals surface area (Å²) in [5, 5.41) is 2.98. The number of hydrogen-bond acceptors (Lipinski definition) is 4. The van der Waals surface area contributed by atoms with Gasteiger partial charge in [-0.15, -0.1) is 0 Å². The van der Waals surface area contributed by atoms with Gasteiger partial charge in [0.05, 0.1) is 10.8 Å². The Balaban J connectivity index is 1.32. The van der Waals surface area contributed by atoms with Crippen molar-refractivity contribution in [3.8, 4) is 0 Å². The van der Waals surface area contributed by atoms with Crippen molar-refractivity contribution in [3.05, 3.63) is 53.1 Å². The van der Waals surface area contributed by atoms with Crippen LogP contribution in [0.4, 0.5) is 11.4 Å². The molecule has 5 rings (SSSR count). The third-order valence-corrected chi connectivity index (χ3v) is 9.17. The molecule has 3 aliphatic rings. The van der Waals surface area contributed by atoms with E-state index in [-0.39, 0.29) is 35.2 Å². The maximum Gasteiger partial charge on any atom is 0.243 e. The van der Waals surface area contributed by atoms with Crippen LogP contribution in [0.1, 0.15) is 49.3 Å². The third-order valence-electron chi connectivity index (χ3n) is 7.31. The summed E-state index contributed by atoms with van der Waals surface area (Å²) < 4.78 is 28.5. The van der Waals surface area contributed by atoms with E-state index in [0.717, 1.165) is 40.9 Å². The summed E-state index contributed by atoms with van der Waals surface area (Å²) in [6.07, 6.45) is 3.82. The van der Waals surface area contributed by atoms with E-state index in [9.17, 15) is 18.0 Å². The molecule has 186 valence electrons. The zero-order valence-electron chi connectivity index (χ0n) is 20.6. The molecule has 2 atom stereocenters. The number of amides is 2. The normalized spacial score (nSPS) is 22.7. The molecule has 0 spiro atoms. The Bertz CT molecular complexity index is 1270. The molecular weight excluding hydrogens is 462 g/mol. The summed E-state index contributed by atoms with van der Waals surface area (Å²) in [6.45, 7) is 6.54. The van der Waals surface area contributed by atoms with Gasteiger partial charge in [-0.25, -0.2) is 8.42 Å². The van der Waals surface area contributed by atoms with E-state index in [1.165, 1.54) is 4.31 Å². The quantitative estimate of drug-likeness (QED) is 0.679. The first kappa shape index (κ1) is 24.0. The molecule has 8 heteroatoms. The molecule has 2 heterocycles. The van der Waals surface area contributed by atoms with Crippen molar-refractivity contribution in [2.45, 2.75) is 63.8 Å². The summed E-state index contributed by atoms with van der Waals surface area (Å²) in [5.74, 6) is -0.278. The Morgan fingerprint density at radius 1 is 0.971 bits per heavy atom. The molecule has 1 N–H and O–H groups in total. The summed E-state index contributed by atoms with van der Waals surface area (Å²) >= 11 is 0. The van der Waals surface area contributed by atoms with Crippen LogP contribution < -0.4 is 10.2 Å². The van der Waals surface area contributed by atoms with Gasteiger partial charge in [-0.05, 0) is 99.9 Å². The first-order valence-corrected chi connectivity index (χ1v) is 13.9. The molecule has 1 saturated heterocycles. The standard InChI is InChI=1S/C27H33N3O4S/c1-17-11-18(2)13-23(12-17)28-26(31)21-5-4-10-29(16-21)35(33,34)24-8-9-25-22(15-24)14-19(3)30(25)27(32)20-6-7-20/h8-9,11-13,15,19-21H,4-7,10,14,16H2,1-3H3,(H,28,31). The second kappa shape index (κ2) is 9.06. The Hall–Kier alpha value is -2.71. The maximum atomic E-state index is 13.5. The highest BCUT2D eigenvalue weighted by Gasteiger charge is 2.40. The average molecular weight is 496 g/mol. The van der Waals surface area contributed by atoms with Crippen LogP contribution in [0.5, 0.6) is 0 Å². The molecular formula is C27H33N3O4S. The van der Waals surface area contributed by atoms with E-state index in [4.69, 9.17) is 0 Å². The predicted octanol–water partition coefficient (Wildman–Crippen LogP) is 4.03. The number of rotatable bonds is 5. The number of fused-ring (bicyclic) bond motifs is 1. The van der Waals surface area contributed by atoms with E-state index in [0.29, 0.717) is 25.8 Å². The molecule has 2 aromatic carbocycles. The molecule has 2 amide bonds. The highest BCUT2D eigenvalue weighted by Crippen LogP contribution is 2.40. The second-order valence-corrected chi connectivity index (χ2v) is 12.3. The lowest BCUT2D eigenvalue weighted by molar-refractivity contribution is -0.121. The second-order valence-electron chi connectivity index (χ2n) is 10.4. The number of aryl methyl sites for hydroxylation is 2. The number of anilines is 2. The molecule has 1 aliphatic carbocycles. The Morgan fingerprint density at radius 2 is 1.69 bits per heavy atom. The first-order valence-electron chi connectivity index (χ1n) is 12.5. The lowest BCUT2D eigenvalue weighted by atomic mass is 9.98. The Labute approximate surface area is 207 Å². The SMILES string of the molecule is Cc1cc(C)cc(NC(=O)C2CCCN(S(=O)(=O)c3ccc4c(c3)CC(C)N4C(=O)C3CC3)C2)c1. The Kier molecular flexibility index (Phi) is 6.21. The van der Waals surface area contributed by atoms with Crippen molar-refractivity contribution in [2.75, 3.05) is 23.3 Å². The van der Waals surface area contributed by atoms with Crippen LogP contribution in [0.3, 0.4) is 0 Å². The molecule has 1 saturated carbocycles. The van der Waals surface area contributed by atoms with E-state index < -0.39 is 15.9 Å². The van der Waals surface area contributed by atoms with Gasteiger partial charge in [0.15, 0.2) is 0 Å². The predicted molar refractivity (Wildman–Crippen MR) is 136 cm³/mol. The van der Waals surface area contributed by atoms with Gasteiger partial charge < -0.3 is 10.2 Å². The van der Waals surface area contributed by atoms with Gasteiger partial charge in [-0.1, -0.05) is 6.07 Å². The molecule has 7 nitrogen and oxygen atoms in total. The highest BCUT2D eigenvalue weighted by molar-refractivity contribution is 7.89. The minimum absolute atomic E-state index is 0.0318. The van der Waals surface area contributed by atoms with Crippen molar-refractivity contribution in [1.29, 1.82) is 0 Å². The zero-order chi connectivity index (χ0) is 24.9. The topological polar surface area (TPSA) is 86.8 Å². The molecule has 0 aromatic heterocycles. The minimum Gasteiger partial charge on any atom is -0.326 e. The number of nitrogens with one attached hydrogen (secondary N) is 1. The van der Waals surface area contributed by atoms with Crippen molar-refractivity contribution in [3.63, 3.8) is 0 Å². The molecule has 35 heavy (non-hydrogen) atoms. The Morgan fingerprint density at radius 3 is 2.37 bits per heavy atom. The van der Waals surface area contributed by atoms with Gasteiger partial charge in [0.25, 0.3) is 0 Å². The van der Waals surface area contributed by atoms with Gasteiger partial charge in [0, 0.05) is 36.4 Å². The first-order chi connectivity index (χ1) is 16.6. The van der Waals surface area contributed by atoms with Gasteiger partial charge >= 0.3 is 0 Å². The number of sulfonamides is 1. The van der Waals surface area contributed by atoms with E-state index >= 15 is 0 Å². The van der Waals surface area contributed by atoms with Crippen LogP contribution in [0.2, 0.25) is 0 Å².